The van der Waals surface area contributed by atoms with E-state index in [9.17, 15) is 4.79 Å². The maximum Gasteiger partial charge on any atom is 0.227 e. The van der Waals surface area contributed by atoms with Gasteiger partial charge in [0, 0.05) is 18.6 Å². The van der Waals surface area contributed by atoms with Crippen LogP contribution in [0.3, 0.4) is 0 Å². The first-order valence-corrected chi connectivity index (χ1v) is 6.47. The van der Waals surface area contributed by atoms with Crippen LogP contribution < -0.4 is 5.73 Å². The number of amides is 1. The number of hydrogen-bond donors (Lipinski definition) is 1. The summed E-state index contributed by atoms with van der Waals surface area (Å²) >= 11 is 0. The van der Waals surface area contributed by atoms with Crippen LogP contribution in [0.1, 0.15) is 53.9 Å². The molecule has 0 saturated carbocycles. The van der Waals surface area contributed by atoms with E-state index in [4.69, 9.17) is 5.73 Å². The molecule has 0 aromatic rings. The van der Waals surface area contributed by atoms with E-state index in [1.807, 2.05) is 18.7 Å². The minimum absolute atomic E-state index is 0.0695. The van der Waals surface area contributed by atoms with Gasteiger partial charge in [0.25, 0.3) is 0 Å². The van der Waals surface area contributed by atoms with Crippen LogP contribution in [-0.2, 0) is 4.79 Å². The molecule has 0 aliphatic carbocycles. The zero-order valence-corrected chi connectivity index (χ0v) is 11.5. The van der Waals surface area contributed by atoms with Gasteiger partial charge in [0.15, 0.2) is 0 Å². The van der Waals surface area contributed by atoms with E-state index in [1.165, 1.54) is 12.8 Å². The average Bonchev–Trinajstić information content (AvgIpc) is 2.21. The molecule has 0 rings (SSSR count). The second kappa shape index (κ2) is 7.66. The summed E-state index contributed by atoms with van der Waals surface area (Å²) in [4.78, 5) is 14.1. The third-order valence-electron chi connectivity index (χ3n) is 3.09. The van der Waals surface area contributed by atoms with Crippen molar-refractivity contribution in [3.63, 3.8) is 0 Å². The largest absolute Gasteiger partial charge is 0.340 e. The van der Waals surface area contributed by atoms with Gasteiger partial charge in [-0.1, -0.05) is 26.7 Å². The third kappa shape index (κ3) is 4.97. The van der Waals surface area contributed by atoms with Gasteiger partial charge < -0.3 is 10.6 Å². The van der Waals surface area contributed by atoms with E-state index in [2.05, 4.69) is 20.8 Å². The molecule has 0 bridgehead atoms. The van der Waals surface area contributed by atoms with Crippen LogP contribution in [0, 0.1) is 5.92 Å². The normalized spacial score (nSPS) is 14.9. The molecule has 0 aliphatic heterocycles. The molecule has 2 atom stereocenters. The zero-order chi connectivity index (χ0) is 12.7. The van der Waals surface area contributed by atoms with Crippen LogP contribution in [0.5, 0.6) is 0 Å². The van der Waals surface area contributed by atoms with Gasteiger partial charge in [-0.3, -0.25) is 4.79 Å². The number of carbonyl (C=O) groups is 1. The lowest BCUT2D eigenvalue weighted by Crippen LogP contribution is -2.45. The Bertz CT molecular complexity index is 202. The molecule has 0 aromatic heterocycles. The molecule has 0 fully saturated rings. The van der Waals surface area contributed by atoms with Crippen LogP contribution in [0.15, 0.2) is 0 Å². The lowest BCUT2D eigenvalue weighted by atomic mass is 10.0. The van der Waals surface area contributed by atoms with Crippen molar-refractivity contribution in [1.29, 1.82) is 0 Å². The van der Waals surface area contributed by atoms with Gasteiger partial charge in [-0.25, -0.2) is 0 Å². The fraction of sp³-hybridized carbons (Fsp3) is 0.923. The predicted molar refractivity (Wildman–Crippen MR) is 69.2 cm³/mol. The summed E-state index contributed by atoms with van der Waals surface area (Å²) in [7, 11) is 0. The highest BCUT2D eigenvalue weighted by molar-refractivity contribution is 5.79. The Morgan fingerprint density at radius 3 is 2.12 bits per heavy atom. The van der Waals surface area contributed by atoms with Crippen molar-refractivity contribution in [3.8, 4) is 0 Å². The first-order valence-electron chi connectivity index (χ1n) is 6.47. The van der Waals surface area contributed by atoms with Gasteiger partial charge in [-0.15, -0.1) is 0 Å². The number of nitrogens with zero attached hydrogens (tertiary/aromatic N) is 1. The van der Waals surface area contributed by atoms with E-state index < -0.39 is 0 Å². The number of rotatable bonds is 7. The van der Waals surface area contributed by atoms with E-state index in [-0.39, 0.29) is 23.9 Å². The molecule has 3 nitrogen and oxygen atoms in total. The fourth-order valence-corrected chi connectivity index (χ4v) is 1.64. The molecule has 1 amide bonds. The standard InChI is InChI=1S/C13H28N2O/c1-6-7-8-9-15(10(2)3)13(16)11(4)12(5)14/h10-12H,6-9,14H2,1-5H3. The van der Waals surface area contributed by atoms with Gasteiger partial charge in [-0.05, 0) is 27.2 Å². The Hall–Kier alpha value is -0.570. The Morgan fingerprint density at radius 1 is 1.19 bits per heavy atom. The average molecular weight is 228 g/mol. The molecule has 96 valence electrons. The molecule has 3 heteroatoms. The second-order valence-corrected chi connectivity index (χ2v) is 4.98. The first kappa shape index (κ1) is 15.4. The van der Waals surface area contributed by atoms with Crippen LogP contribution in [-0.4, -0.2) is 29.4 Å². The molecule has 0 saturated heterocycles. The number of carbonyl (C=O) groups excluding carboxylic acids is 1. The molecule has 2 N–H and O–H groups in total. The molecule has 0 spiro atoms. The number of unbranched alkanes of at least 4 members (excludes halogenated alkanes) is 2. The predicted octanol–water partition coefficient (Wildman–Crippen LogP) is 2.40. The van der Waals surface area contributed by atoms with Crippen LogP contribution in [0.4, 0.5) is 0 Å². The summed E-state index contributed by atoms with van der Waals surface area (Å²) in [6, 6.07) is 0.200. The minimum Gasteiger partial charge on any atom is -0.340 e. The van der Waals surface area contributed by atoms with Gasteiger partial charge >= 0.3 is 0 Å². The van der Waals surface area contributed by atoms with E-state index >= 15 is 0 Å². The Morgan fingerprint density at radius 2 is 1.75 bits per heavy atom. The lowest BCUT2D eigenvalue weighted by Gasteiger charge is -2.30. The first-order chi connectivity index (χ1) is 7.41. The van der Waals surface area contributed by atoms with Gasteiger partial charge in [-0.2, -0.15) is 0 Å². The van der Waals surface area contributed by atoms with Crippen molar-refractivity contribution in [2.45, 2.75) is 66.0 Å². The maximum absolute atomic E-state index is 12.2. The highest BCUT2D eigenvalue weighted by atomic mass is 16.2. The summed E-state index contributed by atoms with van der Waals surface area (Å²) in [5, 5.41) is 0. The minimum atomic E-state index is -0.0796. The zero-order valence-electron chi connectivity index (χ0n) is 11.5. The fourth-order valence-electron chi connectivity index (χ4n) is 1.64. The van der Waals surface area contributed by atoms with Crippen molar-refractivity contribution in [2.75, 3.05) is 6.54 Å². The SMILES string of the molecule is CCCCCN(C(=O)C(C)C(C)N)C(C)C. The van der Waals surface area contributed by atoms with Gasteiger partial charge in [0.05, 0.1) is 5.92 Å². The summed E-state index contributed by atoms with van der Waals surface area (Å²) < 4.78 is 0. The molecule has 0 heterocycles. The molecule has 2 unspecified atom stereocenters. The Balaban J connectivity index is 4.35. The quantitative estimate of drug-likeness (QED) is 0.680. The highest BCUT2D eigenvalue weighted by Crippen LogP contribution is 2.11. The summed E-state index contributed by atoms with van der Waals surface area (Å²) in [5.41, 5.74) is 5.78. The molecule has 0 radical (unpaired) electrons. The lowest BCUT2D eigenvalue weighted by molar-refractivity contribution is -0.137. The van der Waals surface area contributed by atoms with E-state index in [0.29, 0.717) is 0 Å². The molecule has 0 aliphatic rings. The summed E-state index contributed by atoms with van der Waals surface area (Å²) in [6.07, 6.45) is 3.46. The van der Waals surface area contributed by atoms with Gasteiger partial charge in [0.1, 0.15) is 0 Å². The third-order valence-corrected chi connectivity index (χ3v) is 3.09. The molecular formula is C13H28N2O. The summed E-state index contributed by atoms with van der Waals surface area (Å²) in [6.45, 7) is 11.0. The van der Waals surface area contributed by atoms with Crippen molar-refractivity contribution in [2.24, 2.45) is 11.7 Å². The Kier molecular flexibility index (Phi) is 7.39. The smallest absolute Gasteiger partial charge is 0.227 e. The van der Waals surface area contributed by atoms with Crippen LogP contribution in [0.25, 0.3) is 0 Å². The maximum atomic E-state index is 12.2. The monoisotopic (exact) mass is 228 g/mol. The van der Waals surface area contributed by atoms with Crippen molar-refractivity contribution in [3.05, 3.63) is 0 Å². The molecular weight excluding hydrogens is 200 g/mol. The number of nitrogens with two attached hydrogens (primary N) is 1. The topological polar surface area (TPSA) is 46.3 Å². The second-order valence-electron chi connectivity index (χ2n) is 4.98. The molecule has 16 heavy (non-hydrogen) atoms. The van der Waals surface area contributed by atoms with Crippen molar-refractivity contribution in [1.82, 2.24) is 4.90 Å². The summed E-state index contributed by atoms with van der Waals surface area (Å²) in [5.74, 6) is 0.116. The number of hydrogen-bond acceptors (Lipinski definition) is 2. The van der Waals surface area contributed by atoms with Crippen molar-refractivity contribution < 1.29 is 4.79 Å². The van der Waals surface area contributed by atoms with Crippen molar-refractivity contribution >= 4 is 5.91 Å². The van der Waals surface area contributed by atoms with Crippen LogP contribution >= 0.6 is 0 Å². The van der Waals surface area contributed by atoms with Gasteiger partial charge in [0.2, 0.25) is 5.91 Å². The van der Waals surface area contributed by atoms with Crippen LogP contribution in [0.2, 0.25) is 0 Å². The Labute approximate surface area is 100 Å². The highest BCUT2D eigenvalue weighted by Gasteiger charge is 2.24. The van der Waals surface area contributed by atoms with E-state index in [1.54, 1.807) is 0 Å². The molecule has 0 aromatic carbocycles. The van der Waals surface area contributed by atoms with E-state index in [0.717, 1.165) is 13.0 Å².